The summed E-state index contributed by atoms with van der Waals surface area (Å²) in [7, 11) is 0. The van der Waals surface area contributed by atoms with Crippen LogP contribution in [0, 0.1) is 23.0 Å². The molecule has 0 aromatic heterocycles. The minimum absolute atomic E-state index is 0.262. The summed E-state index contributed by atoms with van der Waals surface area (Å²) in [6.07, 6.45) is -3.61. The van der Waals surface area contributed by atoms with Crippen molar-refractivity contribution in [1.82, 2.24) is 0 Å². The molecular weight excluding hydrogens is 267 g/mol. The Kier molecular flexibility index (Phi) is 3.35. The Bertz CT molecular complexity index is 505. The van der Waals surface area contributed by atoms with E-state index in [1.807, 2.05) is 0 Å². The molecule has 2 nitrogen and oxygen atoms in total. The summed E-state index contributed by atoms with van der Waals surface area (Å²) in [6, 6.07) is 2.53. The normalized spacial score (nSPS) is 15.2. The number of nitrogens with zero attached hydrogens (tertiary/aromatic N) is 2. The van der Waals surface area contributed by atoms with Gasteiger partial charge in [-0.1, -0.05) is 0 Å². The molecule has 2 rings (SSSR count). The number of anilines is 1. The van der Waals surface area contributed by atoms with E-state index in [4.69, 9.17) is 5.26 Å². The van der Waals surface area contributed by atoms with Gasteiger partial charge in [0.05, 0.1) is 11.6 Å². The number of hydrogen-bond acceptors (Lipinski definition) is 2. The van der Waals surface area contributed by atoms with Gasteiger partial charge in [-0.2, -0.15) is 18.4 Å². The average Bonchev–Trinajstić information content (AvgIpc) is 3.08. The van der Waals surface area contributed by atoms with Crippen molar-refractivity contribution in [3.63, 3.8) is 0 Å². The fourth-order valence-electron chi connectivity index (χ4n) is 1.87. The van der Waals surface area contributed by atoms with E-state index in [0.717, 1.165) is 12.1 Å². The maximum absolute atomic E-state index is 13.7. The zero-order chi connectivity index (χ0) is 14.2. The topological polar surface area (TPSA) is 27.0 Å². The van der Waals surface area contributed by atoms with Crippen LogP contribution in [0.25, 0.3) is 0 Å². The van der Waals surface area contributed by atoms with Gasteiger partial charge in [0.2, 0.25) is 0 Å². The van der Waals surface area contributed by atoms with Gasteiger partial charge in [0.1, 0.15) is 12.2 Å². The van der Waals surface area contributed by atoms with E-state index in [1.54, 1.807) is 6.07 Å². The minimum atomic E-state index is -4.55. The van der Waals surface area contributed by atoms with Crippen LogP contribution in [0.15, 0.2) is 12.1 Å². The van der Waals surface area contributed by atoms with Crippen molar-refractivity contribution < 1.29 is 22.0 Å². The highest BCUT2D eigenvalue weighted by molar-refractivity contribution is 5.54. The van der Waals surface area contributed by atoms with Gasteiger partial charge in [-0.05, 0) is 25.0 Å². The van der Waals surface area contributed by atoms with Crippen molar-refractivity contribution in [2.45, 2.75) is 25.1 Å². The lowest BCUT2D eigenvalue weighted by atomic mass is 10.2. The number of alkyl halides is 3. The zero-order valence-corrected chi connectivity index (χ0v) is 9.64. The summed E-state index contributed by atoms with van der Waals surface area (Å²) in [6.45, 7) is -1.41. The highest BCUT2D eigenvalue weighted by atomic mass is 19.4. The van der Waals surface area contributed by atoms with Crippen molar-refractivity contribution in [3.05, 3.63) is 29.3 Å². The standard InChI is InChI=1S/C12H9F5N2/c13-9-3-7(5-18)4-10(14)11(9)19(8-1-2-8)6-12(15,16)17/h3-4,8H,1-2,6H2. The first kappa shape index (κ1) is 13.6. The molecule has 0 saturated heterocycles. The quantitative estimate of drug-likeness (QED) is 0.791. The minimum Gasteiger partial charge on any atom is -0.355 e. The van der Waals surface area contributed by atoms with E-state index in [-0.39, 0.29) is 5.56 Å². The van der Waals surface area contributed by atoms with Crippen LogP contribution in [0.3, 0.4) is 0 Å². The van der Waals surface area contributed by atoms with Gasteiger partial charge >= 0.3 is 6.18 Å². The molecule has 102 valence electrons. The molecule has 0 atom stereocenters. The molecule has 1 saturated carbocycles. The summed E-state index contributed by atoms with van der Waals surface area (Å²) >= 11 is 0. The predicted molar refractivity (Wildman–Crippen MR) is 57.5 cm³/mol. The molecule has 0 heterocycles. The monoisotopic (exact) mass is 276 g/mol. The second kappa shape index (κ2) is 4.68. The van der Waals surface area contributed by atoms with Crippen molar-refractivity contribution in [2.24, 2.45) is 0 Å². The Morgan fingerprint density at radius 1 is 1.21 bits per heavy atom. The number of hydrogen-bond donors (Lipinski definition) is 0. The Labute approximate surface area is 106 Å². The first-order valence-corrected chi connectivity index (χ1v) is 5.54. The highest BCUT2D eigenvalue weighted by Crippen LogP contribution is 2.37. The molecule has 0 amide bonds. The van der Waals surface area contributed by atoms with E-state index in [0.29, 0.717) is 17.7 Å². The molecule has 0 N–H and O–H groups in total. The number of halogens is 5. The van der Waals surface area contributed by atoms with E-state index in [9.17, 15) is 22.0 Å². The first-order chi connectivity index (χ1) is 8.81. The van der Waals surface area contributed by atoms with E-state index >= 15 is 0 Å². The summed E-state index contributed by atoms with van der Waals surface area (Å²) in [5, 5.41) is 8.55. The van der Waals surface area contributed by atoms with Gasteiger partial charge in [0.25, 0.3) is 0 Å². The van der Waals surface area contributed by atoms with Crippen LogP contribution in [0.5, 0.6) is 0 Å². The molecule has 1 aromatic carbocycles. The van der Waals surface area contributed by atoms with E-state index in [2.05, 4.69) is 0 Å². The predicted octanol–water partition coefficient (Wildman–Crippen LogP) is 3.37. The van der Waals surface area contributed by atoms with Crippen molar-refractivity contribution in [2.75, 3.05) is 11.4 Å². The highest BCUT2D eigenvalue weighted by Gasteiger charge is 2.40. The van der Waals surface area contributed by atoms with Gasteiger partial charge in [0.15, 0.2) is 11.6 Å². The Hall–Kier alpha value is -1.84. The fourth-order valence-corrected chi connectivity index (χ4v) is 1.87. The summed E-state index contributed by atoms with van der Waals surface area (Å²) in [5.74, 6) is -2.29. The largest absolute Gasteiger partial charge is 0.405 e. The molecule has 1 aliphatic carbocycles. The van der Waals surface area contributed by atoms with Crippen LogP contribution in [0.2, 0.25) is 0 Å². The molecule has 1 fully saturated rings. The third-order valence-corrected chi connectivity index (χ3v) is 2.77. The zero-order valence-electron chi connectivity index (χ0n) is 9.64. The Morgan fingerprint density at radius 2 is 1.74 bits per heavy atom. The Morgan fingerprint density at radius 3 is 2.11 bits per heavy atom. The second-order valence-electron chi connectivity index (χ2n) is 4.37. The molecule has 1 aromatic rings. The summed E-state index contributed by atoms with van der Waals surface area (Å²) in [5.41, 5.74) is -0.972. The van der Waals surface area contributed by atoms with E-state index < -0.39 is 36.1 Å². The van der Waals surface area contributed by atoms with Crippen molar-refractivity contribution in [3.8, 4) is 6.07 Å². The molecule has 1 aliphatic rings. The maximum Gasteiger partial charge on any atom is 0.405 e. The van der Waals surface area contributed by atoms with Crippen LogP contribution in [0.1, 0.15) is 18.4 Å². The summed E-state index contributed by atoms with van der Waals surface area (Å²) in [4.78, 5) is 0.686. The second-order valence-corrected chi connectivity index (χ2v) is 4.37. The number of rotatable bonds is 3. The molecule has 0 spiro atoms. The first-order valence-electron chi connectivity index (χ1n) is 5.54. The van der Waals surface area contributed by atoms with Crippen LogP contribution in [0.4, 0.5) is 27.6 Å². The average molecular weight is 276 g/mol. The number of nitriles is 1. The third-order valence-electron chi connectivity index (χ3n) is 2.77. The molecule has 0 radical (unpaired) electrons. The van der Waals surface area contributed by atoms with Gasteiger partial charge < -0.3 is 4.90 Å². The molecule has 0 unspecified atom stereocenters. The van der Waals surface area contributed by atoms with Gasteiger partial charge in [-0.3, -0.25) is 0 Å². The lowest BCUT2D eigenvalue weighted by Gasteiger charge is -2.26. The smallest absolute Gasteiger partial charge is 0.355 e. The van der Waals surface area contributed by atoms with Crippen LogP contribution in [-0.2, 0) is 0 Å². The van der Waals surface area contributed by atoms with Gasteiger partial charge in [0, 0.05) is 6.04 Å². The lowest BCUT2D eigenvalue weighted by Crippen LogP contribution is -2.37. The van der Waals surface area contributed by atoms with Gasteiger partial charge in [-0.15, -0.1) is 0 Å². The van der Waals surface area contributed by atoms with Gasteiger partial charge in [-0.25, -0.2) is 8.78 Å². The maximum atomic E-state index is 13.7. The summed E-state index contributed by atoms with van der Waals surface area (Å²) < 4.78 is 64.8. The van der Waals surface area contributed by atoms with Crippen molar-refractivity contribution >= 4 is 5.69 Å². The molecular formula is C12H9F5N2. The third kappa shape index (κ3) is 3.13. The van der Waals surface area contributed by atoms with E-state index in [1.165, 1.54) is 0 Å². The fraction of sp³-hybridized carbons (Fsp3) is 0.417. The molecule has 0 bridgehead atoms. The number of benzene rings is 1. The molecule has 0 aliphatic heterocycles. The lowest BCUT2D eigenvalue weighted by molar-refractivity contribution is -0.120. The Balaban J connectivity index is 2.40. The SMILES string of the molecule is N#Cc1cc(F)c(N(CC(F)(F)F)C2CC2)c(F)c1. The van der Waals surface area contributed by atoms with Crippen LogP contribution in [-0.4, -0.2) is 18.8 Å². The molecule has 19 heavy (non-hydrogen) atoms. The molecule has 7 heteroatoms. The van der Waals surface area contributed by atoms with Crippen LogP contribution >= 0.6 is 0 Å². The van der Waals surface area contributed by atoms with Crippen molar-refractivity contribution in [1.29, 1.82) is 5.26 Å². The van der Waals surface area contributed by atoms with Crippen LogP contribution < -0.4 is 4.90 Å².